The topological polar surface area (TPSA) is 35.2 Å². The summed E-state index contributed by atoms with van der Waals surface area (Å²) in [5, 5.41) is 0.644. The van der Waals surface area contributed by atoms with Crippen molar-refractivity contribution in [2.45, 2.75) is 32.8 Å². The van der Waals surface area contributed by atoms with E-state index >= 15 is 0 Å². The van der Waals surface area contributed by atoms with Crippen molar-refractivity contribution in [2.75, 3.05) is 6.54 Å². The van der Waals surface area contributed by atoms with Gasteiger partial charge < -0.3 is 10.5 Å². The number of benzene rings is 1. The quantitative estimate of drug-likeness (QED) is 0.858. The highest BCUT2D eigenvalue weighted by Crippen LogP contribution is 2.29. The molecule has 0 spiro atoms. The fourth-order valence-corrected chi connectivity index (χ4v) is 1.54. The van der Waals surface area contributed by atoms with Gasteiger partial charge in [-0.1, -0.05) is 17.7 Å². The minimum Gasteiger partial charge on any atom is -0.486 e. The maximum Gasteiger partial charge on any atom is 0.138 e. The largest absolute Gasteiger partial charge is 0.486 e. The van der Waals surface area contributed by atoms with Crippen LogP contribution in [0.25, 0.3) is 0 Å². The molecule has 0 radical (unpaired) electrons. The lowest BCUT2D eigenvalue weighted by molar-refractivity contribution is 0.102. The van der Waals surface area contributed by atoms with Crippen molar-refractivity contribution >= 4 is 11.6 Å². The van der Waals surface area contributed by atoms with Crippen LogP contribution in [0.2, 0.25) is 5.02 Å². The number of nitrogens with two attached hydrogens (primary N) is 1. The van der Waals surface area contributed by atoms with E-state index < -0.39 is 0 Å². The third kappa shape index (κ3) is 3.73. The van der Waals surface area contributed by atoms with Crippen molar-refractivity contribution < 1.29 is 4.74 Å². The summed E-state index contributed by atoms with van der Waals surface area (Å²) in [6.07, 6.45) is 0.803. The van der Waals surface area contributed by atoms with E-state index in [2.05, 4.69) is 0 Å². The Balaban J connectivity index is 2.83. The normalized spacial score (nSPS) is 11.5. The van der Waals surface area contributed by atoms with Crippen molar-refractivity contribution in [1.82, 2.24) is 0 Å². The van der Waals surface area contributed by atoms with Gasteiger partial charge >= 0.3 is 0 Å². The summed E-state index contributed by atoms with van der Waals surface area (Å²) in [5.41, 5.74) is 6.39. The fourth-order valence-electron chi connectivity index (χ4n) is 1.39. The molecule has 3 heteroatoms. The highest BCUT2D eigenvalue weighted by molar-refractivity contribution is 6.32. The molecule has 2 nitrogen and oxygen atoms in total. The van der Waals surface area contributed by atoms with Crippen molar-refractivity contribution in [1.29, 1.82) is 0 Å². The van der Waals surface area contributed by atoms with E-state index in [9.17, 15) is 0 Å². The summed E-state index contributed by atoms with van der Waals surface area (Å²) in [6.45, 7) is 6.65. The lowest BCUT2D eigenvalue weighted by atomic mass is 10.1. The number of halogens is 1. The molecule has 1 rings (SSSR count). The van der Waals surface area contributed by atoms with Crippen molar-refractivity contribution in [3.63, 3.8) is 0 Å². The Kier molecular flexibility index (Phi) is 4.00. The van der Waals surface area contributed by atoms with Gasteiger partial charge in [-0.05, 0) is 51.4 Å². The van der Waals surface area contributed by atoms with Crippen LogP contribution < -0.4 is 10.5 Å². The highest BCUT2D eigenvalue weighted by atomic mass is 35.5. The first kappa shape index (κ1) is 12.3. The van der Waals surface area contributed by atoms with Gasteiger partial charge in [-0.2, -0.15) is 0 Å². The maximum atomic E-state index is 6.05. The minimum atomic E-state index is -0.272. The zero-order chi connectivity index (χ0) is 11.5. The summed E-state index contributed by atoms with van der Waals surface area (Å²) in [6, 6.07) is 5.76. The highest BCUT2D eigenvalue weighted by Gasteiger charge is 2.19. The van der Waals surface area contributed by atoms with Crippen LogP contribution in [0.1, 0.15) is 25.8 Å². The van der Waals surface area contributed by atoms with Gasteiger partial charge in [0.05, 0.1) is 5.02 Å². The number of ether oxygens (including phenoxy) is 1. The molecule has 0 amide bonds. The molecule has 2 N–H and O–H groups in total. The van der Waals surface area contributed by atoms with Gasteiger partial charge in [0.15, 0.2) is 0 Å². The van der Waals surface area contributed by atoms with Crippen LogP contribution in [0.4, 0.5) is 0 Å². The molecule has 15 heavy (non-hydrogen) atoms. The third-order valence-corrected chi connectivity index (χ3v) is 2.53. The molecule has 84 valence electrons. The van der Waals surface area contributed by atoms with Gasteiger partial charge in [0.2, 0.25) is 0 Å². The molecule has 0 aliphatic rings. The standard InChI is InChI=1S/C12H18ClNO/c1-9-4-5-10(13)11(8-9)15-12(2,3)6-7-14/h4-5,8H,6-7,14H2,1-3H3. The fraction of sp³-hybridized carbons (Fsp3) is 0.500. The molecule has 1 aromatic rings. The van der Waals surface area contributed by atoms with Crippen LogP contribution in [0.15, 0.2) is 18.2 Å². The van der Waals surface area contributed by atoms with Gasteiger partial charge in [0, 0.05) is 0 Å². The number of hydrogen-bond donors (Lipinski definition) is 1. The van der Waals surface area contributed by atoms with Gasteiger partial charge in [0.25, 0.3) is 0 Å². The molecule has 0 aliphatic carbocycles. The maximum absolute atomic E-state index is 6.05. The molecule has 0 fully saturated rings. The summed E-state index contributed by atoms with van der Waals surface area (Å²) in [7, 11) is 0. The Hall–Kier alpha value is -0.730. The van der Waals surface area contributed by atoms with E-state index in [1.807, 2.05) is 39.0 Å². The summed E-state index contributed by atoms with van der Waals surface area (Å²) in [5.74, 6) is 0.732. The molecule has 1 aromatic carbocycles. The average molecular weight is 228 g/mol. The molecule has 0 aromatic heterocycles. The van der Waals surface area contributed by atoms with Gasteiger partial charge in [-0.15, -0.1) is 0 Å². The smallest absolute Gasteiger partial charge is 0.138 e. The summed E-state index contributed by atoms with van der Waals surface area (Å²) >= 11 is 6.05. The van der Waals surface area contributed by atoms with Crippen LogP contribution in [0.5, 0.6) is 5.75 Å². The lowest BCUT2D eigenvalue weighted by Gasteiger charge is -2.26. The zero-order valence-electron chi connectivity index (χ0n) is 9.51. The van der Waals surface area contributed by atoms with Crippen molar-refractivity contribution in [3.8, 4) is 5.75 Å². The molecule has 0 bridgehead atoms. The van der Waals surface area contributed by atoms with E-state index in [-0.39, 0.29) is 5.60 Å². The minimum absolute atomic E-state index is 0.272. The number of aryl methyl sites for hydroxylation is 1. The van der Waals surface area contributed by atoms with E-state index in [4.69, 9.17) is 22.1 Å². The van der Waals surface area contributed by atoms with Gasteiger partial charge in [0.1, 0.15) is 11.4 Å². The van der Waals surface area contributed by atoms with Gasteiger partial charge in [-0.25, -0.2) is 0 Å². The second kappa shape index (κ2) is 4.86. The second-order valence-electron chi connectivity index (χ2n) is 4.33. The molecular formula is C12H18ClNO. The SMILES string of the molecule is Cc1ccc(Cl)c(OC(C)(C)CCN)c1. The van der Waals surface area contributed by atoms with Crippen molar-refractivity contribution in [2.24, 2.45) is 5.73 Å². The molecular weight excluding hydrogens is 210 g/mol. The predicted molar refractivity (Wildman–Crippen MR) is 64.6 cm³/mol. The monoisotopic (exact) mass is 227 g/mol. The molecule has 0 unspecified atom stereocenters. The second-order valence-corrected chi connectivity index (χ2v) is 4.74. The Morgan fingerprint density at radius 1 is 1.40 bits per heavy atom. The lowest BCUT2D eigenvalue weighted by Crippen LogP contribution is -2.31. The molecule has 0 atom stereocenters. The average Bonchev–Trinajstić information content (AvgIpc) is 2.10. The Labute approximate surface area is 96.4 Å². The Morgan fingerprint density at radius 2 is 2.07 bits per heavy atom. The van der Waals surface area contributed by atoms with E-state index in [1.54, 1.807) is 0 Å². The van der Waals surface area contributed by atoms with E-state index in [0.717, 1.165) is 17.7 Å². The van der Waals surface area contributed by atoms with Crippen LogP contribution in [-0.2, 0) is 0 Å². The van der Waals surface area contributed by atoms with Gasteiger partial charge in [-0.3, -0.25) is 0 Å². The zero-order valence-corrected chi connectivity index (χ0v) is 10.3. The first-order valence-electron chi connectivity index (χ1n) is 5.10. The van der Waals surface area contributed by atoms with Crippen LogP contribution in [0.3, 0.4) is 0 Å². The van der Waals surface area contributed by atoms with Crippen LogP contribution >= 0.6 is 11.6 Å². The third-order valence-electron chi connectivity index (χ3n) is 2.22. The van der Waals surface area contributed by atoms with Crippen molar-refractivity contribution in [3.05, 3.63) is 28.8 Å². The molecule has 0 saturated heterocycles. The van der Waals surface area contributed by atoms with E-state index in [1.165, 1.54) is 0 Å². The summed E-state index contributed by atoms with van der Waals surface area (Å²) < 4.78 is 5.84. The van der Waals surface area contributed by atoms with E-state index in [0.29, 0.717) is 11.6 Å². The molecule has 0 heterocycles. The Bertz CT molecular complexity index is 336. The van der Waals surface area contributed by atoms with Crippen LogP contribution in [0, 0.1) is 6.92 Å². The number of rotatable bonds is 4. The predicted octanol–water partition coefficient (Wildman–Crippen LogP) is 3.15. The first-order valence-corrected chi connectivity index (χ1v) is 5.48. The molecule has 0 saturated carbocycles. The molecule has 0 aliphatic heterocycles. The van der Waals surface area contributed by atoms with Crippen LogP contribution in [-0.4, -0.2) is 12.1 Å². The summed E-state index contributed by atoms with van der Waals surface area (Å²) in [4.78, 5) is 0. The number of hydrogen-bond acceptors (Lipinski definition) is 2. The first-order chi connectivity index (χ1) is 6.94. The Morgan fingerprint density at radius 3 is 2.67 bits per heavy atom.